The molecular formula is C14H18N2O4. The van der Waals surface area contributed by atoms with E-state index >= 15 is 0 Å². The number of benzene rings is 1. The molecule has 0 saturated carbocycles. The van der Waals surface area contributed by atoms with Gasteiger partial charge in [0.1, 0.15) is 6.67 Å². The van der Waals surface area contributed by atoms with E-state index in [2.05, 4.69) is 9.73 Å². The fourth-order valence-corrected chi connectivity index (χ4v) is 2.09. The van der Waals surface area contributed by atoms with Crippen LogP contribution in [0.15, 0.2) is 17.1 Å². The number of ether oxygens (including phenoxy) is 3. The van der Waals surface area contributed by atoms with Gasteiger partial charge in [-0.2, -0.15) is 0 Å². The van der Waals surface area contributed by atoms with E-state index in [1.165, 1.54) is 7.11 Å². The SMILES string of the molecule is COC(=O)CCN1CN=Cc2cc(OC)c(OC)cc21. The van der Waals surface area contributed by atoms with Crippen molar-refractivity contribution >= 4 is 17.9 Å². The number of carbonyl (C=O) groups excluding carboxylic acids is 1. The normalized spacial score (nSPS) is 12.8. The van der Waals surface area contributed by atoms with Crippen molar-refractivity contribution in [3.05, 3.63) is 17.7 Å². The van der Waals surface area contributed by atoms with Crippen LogP contribution in [0.4, 0.5) is 5.69 Å². The van der Waals surface area contributed by atoms with Gasteiger partial charge in [-0.25, -0.2) is 0 Å². The molecule has 20 heavy (non-hydrogen) atoms. The van der Waals surface area contributed by atoms with E-state index in [1.54, 1.807) is 20.4 Å². The predicted molar refractivity (Wildman–Crippen MR) is 76.0 cm³/mol. The highest BCUT2D eigenvalue weighted by molar-refractivity contribution is 5.91. The number of nitrogens with zero attached hydrogens (tertiary/aromatic N) is 2. The van der Waals surface area contributed by atoms with Crippen LogP contribution in [0.5, 0.6) is 11.5 Å². The van der Waals surface area contributed by atoms with Gasteiger partial charge in [0, 0.05) is 24.4 Å². The van der Waals surface area contributed by atoms with Gasteiger partial charge in [0.2, 0.25) is 0 Å². The van der Waals surface area contributed by atoms with Gasteiger partial charge < -0.3 is 19.1 Å². The number of aliphatic imine (C=N–C) groups is 1. The fraction of sp³-hybridized carbons (Fsp3) is 0.429. The number of esters is 1. The van der Waals surface area contributed by atoms with E-state index in [-0.39, 0.29) is 5.97 Å². The molecular weight excluding hydrogens is 260 g/mol. The summed E-state index contributed by atoms with van der Waals surface area (Å²) in [6, 6.07) is 3.78. The van der Waals surface area contributed by atoms with E-state index in [1.807, 2.05) is 17.0 Å². The summed E-state index contributed by atoms with van der Waals surface area (Å²) in [5.74, 6) is 1.08. The minimum atomic E-state index is -0.235. The molecule has 0 unspecified atom stereocenters. The molecule has 0 fully saturated rings. The highest BCUT2D eigenvalue weighted by atomic mass is 16.5. The van der Waals surface area contributed by atoms with Crippen LogP contribution in [-0.2, 0) is 9.53 Å². The van der Waals surface area contributed by atoms with Gasteiger partial charge in [0.25, 0.3) is 0 Å². The Labute approximate surface area is 118 Å². The third-order valence-electron chi connectivity index (χ3n) is 3.17. The maximum Gasteiger partial charge on any atom is 0.307 e. The first-order valence-corrected chi connectivity index (χ1v) is 6.27. The molecule has 0 amide bonds. The lowest BCUT2D eigenvalue weighted by Gasteiger charge is -2.28. The molecule has 1 aromatic rings. The second kappa shape index (κ2) is 6.27. The lowest BCUT2D eigenvalue weighted by molar-refractivity contribution is -0.140. The average molecular weight is 278 g/mol. The Bertz CT molecular complexity index is 528. The molecule has 1 aliphatic heterocycles. The number of hydrogen-bond donors (Lipinski definition) is 0. The van der Waals surface area contributed by atoms with Crippen molar-refractivity contribution in [1.29, 1.82) is 0 Å². The highest BCUT2D eigenvalue weighted by Gasteiger charge is 2.18. The van der Waals surface area contributed by atoms with E-state index in [4.69, 9.17) is 9.47 Å². The van der Waals surface area contributed by atoms with Gasteiger partial charge in [-0.1, -0.05) is 0 Å². The quantitative estimate of drug-likeness (QED) is 0.763. The van der Waals surface area contributed by atoms with Gasteiger partial charge in [0.15, 0.2) is 11.5 Å². The van der Waals surface area contributed by atoms with E-state index in [0.717, 1.165) is 11.3 Å². The Kier molecular flexibility index (Phi) is 4.45. The lowest BCUT2D eigenvalue weighted by Crippen LogP contribution is -2.29. The summed E-state index contributed by atoms with van der Waals surface area (Å²) < 4.78 is 15.2. The van der Waals surface area contributed by atoms with Gasteiger partial charge in [-0.05, 0) is 6.07 Å². The van der Waals surface area contributed by atoms with E-state index in [0.29, 0.717) is 31.1 Å². The van der Waals surface area contributed by atoms with Crippen LogP contribution in [-0.4, -0.2) is 46.7 Å². The standard InChI is InChI=1S/C14H18N2O4/c1-18-12-6-10-8-15-9-16(5-4-14(17)20-3)11(10)7-13(12)19-2/h6-8H,4-5,9H2,1-3H3. The molecule has 0 bridgehead atoms. The van der Waals surface area contributed by atoms with Crippen molar-refractivity contribution < 1.29 is 19.0 Å². The van der Waals surface area contributed by atoms with Crippen LogP contribution >= 0.6 is 0 Å². The number of anilines is 1. The average Bonchev–Trinajstić information content (AvgIpc) is 2.50. The second-order valence-electron chi connectivity index (χ2n) is 4.31. The monoisotopic (exact) mass is 278 g/mol. The van der Waals surface area contributed by atoms with E-state index in [9.17, 15) is 4.79 Å². The predicted octanol–water partition coefficient (Wildman–Crippen LogP) is 1.46. The number of fused-ring (bicyclic) bond motifs is 1. The first-order valence-electron chi connectivity index (χ1n) is 6.27. The van der Waals surface area contributed by atoms with Crippen LogP contribution < -0.4 is 14.4 Å². The summed E-state index contributed by atoms with van der Waals surface area (Å²) in [4.78, 5) is 17.6. The molecule has 0 aromatic heterocycles. The molecule has 6 nitrogen and oxygen atoms in total. The van der Waals surface area contributed by atoms with Crippen molar-refractivity contribution in [1.82, 2.24) is 0 Å². The Morgan fingerprint density at radius 2 is 1.95 bits per heavy atom. The van der Waals surface area contributed by atoms with Gasteiger partial charge in [-0.15, -0.1) is 0 Å². The third kappa shape index (κ3) is 2.84. The molecule has 0 aliphatic carbocycles. The van der Waals surface area contributed by atoms with Gasteiger partial charge in [0.05, 0.1) is 33.4 Å². The summed E-state index contributed by atoms with van der Waals surface area (Å²) in [5.41, 5.74) is 1.92. The largest absolute Gasteiger partial charge is 0.493 e. The van der Waals surface area contributed by atoms with Crippen LogP contribution in [0.1, 0.15) is 12.0 Å². The molecule has 1 aromatic carbocycles. The molecule has 2 rings (SSSR count). The Hall–Kier alpha value is -2.24. The molecule has 1 aliphatic rings. The molecule has 1 heterocycles. The van der Waals surface area contributed by atoms with Crippen molar-refractivity contribution in [3.8, 4) is 11.5 Å². The summed E-state index contributed by atoms with van der Waals surface area (Å²) in [6.07, 6.45) is 2.12. The first-order chi connectivity index (χ1) is 9.69. The van der Waals surface area contributed by atoms with Crippen LogP contribution in [0, 0.1) is 0 Å². The van der Waals surface area contributed by atoms with Crippen LogP contribution in [0.25, 0.3) is 0 Å². The van der Waals surface area contributed by atoms with E-state index < -0.39 is 0 Å². The minimum Gasteiger partial charge on any atom is -0.493 e. The molecule has 108 valence electrons. The van der Waals surface area contributed by atoms with Crippen LogP contribution in [0.3, 0.4) is 0 Å². The van der Waals surface area contributed by atoms with Crippen molar-refractivity contribution in [2.75, 3.05) is 39.4 Å². The number of methoxy groups -OCH3 is 3. The maximum absolute atomic E-state index is 11.3. The van der Waals surface area contributed by atoms with Crippen LogP contribution in [0.2, 0.25) is 0 Å². The third-order valence-corrected chi connectivity index (χ3v) is 3.17. The van der Waals surface area contributed by atoms with Gasteiger partial charge >= 0.3 is 5.97 Å². The summed E-state index contributed by atoms with van der Waals surface area (Å²) in [5, 5.41) is 0. The Morgan fingerprint density at radius 1 is 1.25 bits per heavy atom. The molecule has 6 heteroatoms. The molecule has 0 atom stereocenters. The molecule has 0 N–H and O–H groups in total. The first kappa shape index (κ1) is 14.2. The molecule has 0 radical (unpaired) electrons. The second-order valence-corrected chi connectivity index (χ2v) is 4.31. The molecule has 0 spiro atoms. The summed E-state index contributed by atoms with van der Waals surface area (Å²) in [6.45, 7) is 1.06. The number of hydrogen-bond acceptors (Lipinski definition) is 6. The van der Waals surface area contributed by atoms with Gasteiger partial charge in [-0.3, -0.25) is 9.79 Å². The topological polar surface area (TPSA) is 60.4 Å². The highest BCUT2D eigenvalue weighted by Crippen LogP contribution is 2.35. The maximum atomic E-state index is 11.3. The smallest absolute Gasteiger partial charge is 0.307 e. The number of rotatable bonds is 5. The summed E-state index contributed by atoms with van der Waals surface area (Å²) in [7, 11) is 4.58. The number of carbonyl (C=O) groups is 1. The minimum absolute atomic E-state index is 0.235. The van der Waals surface area contributed by atoms with Crippen molar-refractivity contribution in [2.24, 2.45) is 4.99 Å². The zero-order chi connectivity index (χ0) is 14.5. The zero-order valence-corrected chi connectivity index (χ0v) is 11.9. The zero-order valence-electron chi connectivity index (χ0n) is 11.9. The summed E-state index contributed by atoms with van der Waals surface area (Å²) >= 11 is 0. The van der Waals surface area contributed by atoms with Crippen molar-refractivity contribution in [2.45, 2.75) is 6.42 Å². The Morgan fingerprint density at radius 3 is 2.60 bits per heavy atom. The molecule has 0 saturated heterocycles. The Balaban J connectivity index is 2.25. The fourth-order valence-electron chi connectivity index (χ4n) is 2.09. The lowest BCUT2D eigenvalue weighted by atomic mass is 10.1. The van der Waals surface area contributed by atoms with Crippen molar-refractivity contribution in [3.63, 3.8) is 0 Å².